The predicted octanol–water partition coefficient (Wildman–Crippen LogP) is 2.45. The number of carbonyl (C=O) groups excluding carboxylic acids is 1. The van der Waals surface area contributed by atoms with Gasteiger partial charge in [-0.1, -0.05) is 0 Å². The van der Waals surface area contributed by atoms with Crippen molar-refractivity contribution in [3.05, 3.63) is 23.7 Å². The number of carbonyl (C=O) groups is 1. The van der Waals surface area contributed by atoms with Crippen molar-refractivity contribution in [2.24, 2.45) is 0 Å². The van der Waals surface area contributed by atoms with Gasteiger partial charge in [-0.25, -0.2) is 4.98 Å². The lowest BCUT2D eigenvalue weighted by molar-refractivity contribution is -0.130. The maximum Gasteiger partial charge on any atom is 0.229 e. The van der Waals surface area contributed by atoms with Gasteiger partial charge in [0.15, 0.2) is 0 Å². The molecule has 2 aromatic heterocycles. The summed E-state index contributed by atoms with van der Waals surface area (Å²) in [6.07, 6.45) is 9.58. The quantitative estimate of drug-likeness (QED) is 0.534. The van der Waals surface area contributed by atoms with Gasteiger partial charge in [-0.15, -0.1) is 0 Å². The molecule has 2 unspecified atom stereocenters. The number of aryl methyl sites for hydroxylation is 1. The summed E-state index contributed by atoms with van der Waals surface area (Å²) in [5.74, 6) is 1.03. The summed E-state index contributed by atoms with van der Waals surface area (Å²) in [4.78, 5) is 25.4. The maximum atomic E-state index is 12.1. The Morgan fingerprint density at radius 1 is 1.22 bits per heavy atom. The van der Waals surface area contributed by atoms with Crippen molar-refractivity contribution in [3.8, 4) is 6.07 Å². The fraction of sp³-hybridized carbons (Fsp3) is 0.640. The monoisotopic (exact) mass is 493 g/mol. The van der Waals surface area contributed by atoms with Gasteiger partial charge in [0.05, 0.1) is 43.3 Å². The third-order valence-electron chi connectivity index (χ3n) is 7.74. The summed E-state index contributed by atoms with van der Waals surface area (Å²) in [5, 5.41) is 20.8. The molecule has 2 N–H and O–H groups in total. The van der Waals surface area contributed by atoms with E-state index in [0.717, 1.165) is 30.6 Å². The smallest absolute Gasteiger partial charge is 0.229 e. The topological polar surface area (TPSA) is 124 Å². The summed E-state index contributed by atoms with van der Waals surface area (Å²) in [7, 11) is 2.25. The Hall–Kier alpha value is -3.23. The molecule has 2 aromatic rings. The average Bonchev–Trinajstić information content (AvgIpc) is 3.21. The third-order valence-corrected chi connectivity index (χ3v) is 7.74. The van der Waals surface area contributed by atoms with Crippen molar-refractivity contribution >= 4 is 23.4 Å². The number of nitriles is 1. The van der Waals surface area contributed by atoms with E-state index in [-0.39, 0.29) is 5.91 Å². The number of rotatable bonds is 8. The van der Waals surface area contributed by atoms with E-state index >= 15 is 0 Å². The van der Waals surface area contributed by atoms with Gasteiger partial charge in [-0.2, -0.15) is 15.3 Å². The molecule has 1 amide bonds. The maximum absolute atomic E-state index is 12.1. The van der Waals surface area contributed by atoms with E-state index in [2.05, 4.69) is 49.5 Å². The summed E-state index contributed by atoms with van der Waals surface area (Å²) < 4.78 is 7.48. The van der Waals surface area contributed by atoms with Crippen LogP contribution in [0.4, 0.5) is 17.5 Å². The number of piperidine rings is 1. The zero-order valence-electron chi connectivity index (χ0n) is 21.1. The minimum Gasteiger partial charge on any atom is -0.379 e. The highest BCUT2D eigenvalue weighted by Crippen LogP contribution is 2.40. The largest absolute Gasteiger partial charge is 0.379 e. The lowest BCUT2D eigenvalue weighted by Gasteiger charge is -2.36. The second-order valence-electron chi connectivity index (χ2n) is 10.0. The van der Waals surface area contributed by atoms with Crippen LogP contribution in [0.2, 0.25) is 0 Å². The Morgan fingerprint density at radius 3 is 2.81 bits per heavy atom. The number of hydrogen-bond acceptors (Lipinski definition) is 9. The number of anilines is 3. The number of ether oxygens (including phenoxy) is 1. The highest BCUT2D eigenvalue weighted by molar-refractivity contribution is 5.76. The molecule has 2 bridgehead atoms. The number of nitrogens with zero attached hydrogens (tertiary/aromatic N) is 7. The van der Waals surface area contributed by atoms with Crippen LogP contribution in [0.3, 0.4) is 0 Å². The van der Waals surface area contributed by atoms with Gasteiger partial charge in [0.25, 0.3) is 0 Å². The van der Waals surface area contributed by atoms with Crippen LogP contribution in [0.5, 0.6) is 0 Å². The second kappa shape index (κ2) is 10.8. The lowest BCUT2D eigenvalue weighted by Crippen LogP contribution is -2.40. The molecule has 0 saturated carbocycles. The van der Waals surface area contributed by atoms with Crippen molar-refractivity contribution in [1.82, 2.24) is 29.5 Å². The molecule has 11 heteroatoms. The molecule has 5 rings (SSSR count). The van der Waals surface area contributed by atoms with Crippen molar-refractivity contribution in [1.29, 1.82) is 5.26 Å². The Morgan fingerprint density at radius 2 is 2.03 bits per heavy atom. The Kier molecular flexibility index (Phi) is 7.34. The van der Waals surface area contributed by atoms with Gasteiger partial charge < -0.3 is 25.2 Å². The Bertz CT molecular complexity index is 1110. The van der Waals surface area contributed by atoms with E-state index in [4.69, 9.17) is 9.84 Å². The molecule has 36 heavy (non-hydrogen) atoms. The molecule has 0 aromatic carbocycles. The summed E-state index contributed by atoms with van der Waals surface area (Å²) in [6, 6.07) is 3.86. The van der Waals surface area contributed by atoms with E-state index in [1.807, 2.05) is 11.8 Å². The molecule has 0 spiro atoms. The molecule has 3 aliphatic heterocycles. The van der Waals surface area contributed by atoms with Crippen LogP contribution in [0.25, 0.3) is 0 Å². The van der Waals surface area contributed by atoms with Crippen LogP contribution in [0, 0.1) is 18.3 Å². The highest BCUT2D eigenvalue weighted by Gasteiger charge is 2.39. The van der Waals surface area contributed by atoms with Crippen LogP contribution >= 0.6 is 0 Å². The van der Waals surface area contributed by atoms with Crippen LogP contribution < -0.4 is 10.6 Å². The SMILES string of the molecule is Cc1nn(C2CC3CCC(C2)N3C)cc1Nc1ncc(C#N)c(NCCCN2CCOCCC2=O)n1. The zero-order valence-corrected chi connectivity index (χ0v) is 21.1. The second-order valence-corrected chi connectivity index (χ2v) is 10.0. The van der Waals surface area contributed by atoms with Crippen molar-refractivity contribution in [3.63, 3.8) is 0 Å². The van der Waals surface area contributed by atoms with E-state index in [0.29, 0.717) is 74.7 Å². The molecule has 0 aliphatic carbocycles. The zero-order chi connectivity index (χ0) is 25.1. The molecule has 2 atom stereocenters. The third kappa shape index (κ3) is 5.29. The molecule has 0 radical (unpaired) electrons. The molecular weight excluding hydrogens is 458 g/mol. The van der Waals surface area contributed by atoms with E-state index in [1.54, 1.807) is 0 Å². The first-order valence-corrected chi connectivity index (χ1v) is 12.9. The fourth-order valence-electron chi connectivity index (χ4n) is 5.60. The van der Waals surface area contributed by atoms with Crippen molar-refractivity contribution < 1.29 is 9.53 Å². The molecule has 11 nitrogen and oxygen atoms in total. The van der Waals surface area contributed by atoms with E-state index in [9.17, 15) is 10.1 Å². The predicted molar refractivity (Wildman–Crippen MR) is 135 cm³/mol. The van der Waals surface area contributed by atoms with Gasteiger partial charge in [0.2, 0.25) is 11.9 Å². The van der Waals surface area contributed by atoms with Crippen LogP contribution in [-0.2, 0) is 9.53 Å². The summed E-state index contributed by atoms with van der Waals surface area (Å²) in [5.41, 5.74) is 2.16. The number of hydrogen-bond donors (Lipinski definition) is 2. The van der Waals surface area contributed by atoms with E-state index < -0.39 is 0 Å². The first-order chi connectivity index (χ1) is 17.5. The van der Waals surface area contributed by atoms with Gasteiger partial charge in [0.1, 0.15) is 17.5 Å². The standard InChI is InChI=1S/C25H35N9O2/c1-17-22(16-34(31-17)21-12-19-4-5-20(13-21)32(19)2)29-25-28-15-18(14-26)24(30-25)27-7-3-8-33-9-11-36-10-6-23(33)35/h15-16,19-21H,3-13H2,1-2H3,(H2,27,28,29,30). The Labute approximate surface area is 211 Å². The number of amides is 1. The summed E-state index contributed by atoms with van der Waals surface area (Å²) in [6.45, 7) is 4.91. The van der Waals surface area contributed by atoms with Crippen LogP contribution in [0.1, 0.15) is 55.8 Å². The average molecular weight is 494 g/mol. The van der Waals surface area contributed by atoms with Crippen molar-refractivity contribution in [2.75, 3.05) is 50.5 Å². The minimum atomic E-state index is 0.127. The highest BCUT2D eigenvalue weighted by atomic mass is 16.5. The van der Waals surface area contributed by atoms with Crippen molar-refractivity contribution in [2.45, 2.75) is 63.6 Å². The van der Waals surface area contributed by atoms with Gasteiger partial charge in [0, 0.05) is 37.9 Å². The van der Waals surface area contributed by atoms with Crippen LogP contribution in [0.15, 0.2) is 12.4 Å². The normalized spacial score (nSPS) is 24.4. The molecule has 5 heterocycles. The fourth-order valence-corrected chi connectivity index (χ4v) is 5.60. The molecule has 3 aliphatic rings. The molecular formula is C25H35N9O2. The number of nitrogens with one attached hydrogen (secondary N) is 2. The number of fused-ring (bicyclic) bond motifs is 2. The molecule has 3 saturated heterocycles. The van der Waals surface area contributed by atoms with Crippen LogP contribution in [-0.4, -0.2) is 87.4 Å². The summed E-state index contributed by atoms with van der Waals surface area (Å²) >= 11 is 0. The first kappa shape index (κ1) is 24.5. The van der Waals surface area contributed by atoms with Gasteiger partial charge in [-0.05, 0) is 46.1 Å². The first-order valence-electron chi connectivity index (χ1n) is 12.9. The molecule has 3 fully saturated rings. The molecule has 192 valence electrons. The lowest BCUT2D eigenvalue weighted by atomic mass is 9.98. The van der Waals surface area contributed by atoms with Gasteiger partial charge >= 0.3 is 0 Å². The number of aromatic nitrogens is 4. The Balaban J connectivity index is 1.20. The van der Waals surface area contributed by atoms with E-state index in [1.165, 1.54) is 19.0 Å². The minimum absolute atomic E-state index is 0.127. The van der Waals surface area contributed by atoms with Gasteiger partial charge in [-0.3, -0.25) is 9.48 Å².